The van der Waals surface area contributed by atoms with Crippen LogP contribution in [-0.4, -0.2) is 20.7 Å². The topological polar surface area (TPSA) is 62.7 Å². The molecule has 5 nitrogen and oxygen atoms in total. The van der Waals surface area contributed by atoms with E-state index in [0.717, 1.165) is 21.3 Å². The first-order valence-corrected chi connectivity index (χ1v) is 8.51. The molecule has 24 heavy (non-hydrogen) atoms. The largest absolute Gasteiger partial charge is 0.325 e. The third-order valence-corrected chi connectivity index (χ3v) is 4.30. The highest BCUT2D eigenvalue weighted by atomic mass is 79.9. The van der Waals surface area contributed by atoms with Gasteiger partial charge in [-0.1, -0.05) is 39.7 Å². The zero-order valence-corrected chi connectivity index (χ0v) is 15.3. The molecule has 0 saturated carbocycles. The highest BCUT2D eigenvalue weighted by Crippen LogP contribution is 2.19. The molecule has 0 bridgehead atoms. The molecule has 7 heteroatoms. The monoisotopic (exact) mass is 402 g/mol. The molecule has 0 fully saturated rings. The van der Waals surface area contributed by atoms with Crippen molar-refractivity contribution in [1.82, 2.24) is 14.8 Å². The van der Waals surface area contributed by atoms with Crippen LogP contribution < -0.4 is 5.32 Å². The molecule has 2 N–H and O–H groups in total. The van der Waals surface area contributed by atoms with Crippen molar-refractivity contribution in [3.63, 3.8) is 0 Å². The summed E-state index contributed by atoms with van der Waals surface area (Å²) in [4.78, 5) is 12.3. The lowest BCUT2D eigenvalue weighted by atomic mass is 10.1. The standard InChI is InChI=1S/C17H15BrN4OS/c1-11-3-2-4-12(9-11)16-20-21-17(24)22(16)10-15(23)19-14-7-5-13(18)6-8-14/h2-9H,10H2,1H3,(H,19,23)(H,21,24). The van der Waals surface area contributed by atoms with E-state index in [-0.39, 0.29) is 12.5 Å². The third kappa shape index (κ3) is 3.80. The number of nitrogens with one attached hydrogen (secondary N) is 2. The van der Waals surface area contributed by atoms with Crippen molar-refractivity contribution < 1.29 is 4.79 Å². The Hall–Kier alpha value is -2.25. The molecule has 0 saturated heterocycles. The Labute approximate surface area is 152 Å². The van der Waals surface area contributed by atoms with Gasteiger partial charge in [0.15, 0.2) is 10.6 Å². The number of nitrogens with zero attached hydrogens (tertiary/aromatic N) is 2. The molecule has 1 amide bonds. The Kier molecular flexibility index (Phi) is 4.92. The van der Waals surface area contributed by atoms with Crippen LogP contribution in [0.1, 0.15) is 5.56 Å². The van der Waals surface area contributed by atoms with Crippen LogP contribution >= 0.6 is 28.1 Å². The number of carbonyl (C=O) groups is 1. The summed E-state index contributed by atoms with van der Waals surface area (Å²) in [5, 5.41) is 9.88. The number of rotatable bonds is 4. The van der Waals surface area contributed by atoms with E-state index in [0.29, 0.717) is 10.6 Å². The molecule has 0 radical (unpaired) electrons. The van der Waals surface area contributed by atoms with Crippen molar-refractivity contribution in [2.24, 2.45) is 0 Å². The lowest BCUT2D eigenvalue weighted by Crippen LogP contribution is -2.19. The van der Waals surface area contributed by atoms with E-state index in [1.54, 1.807) is 4.57 Å². The highest BCUT2D eigenvalue weighted by molar-refractivity contribution is 9.10. The smallest absolute Gasteiger partial charge is 0.244 e. The fraction of sp³-hybridized carbons (Fsp3) is 0.118. The SMILES string of the molecule is Cc1cccc(-c2n[nH]c(=S)n2CC(=O)Nc2ccc(Br)cc2)c1. The van der Waals surface area contributed by atoms with Gasteiger partial charge < -0.3 is 5.32 Å². The minimum atomic E-state index is -0.163. The second kappa shape index (κ2) is 7.11. The van der Waals surface area contributed by atoms with Crippen molar-refractivity contribution in [3.8, 4) is 11.4 Å². The zero-order valence-electron chi connectivity index (χ0n) is 12.9. The van der Waals surface area contributed by atoms with Crippen molar-refractivity contribution in [2.75, 3.05) is 5.32 Å². The van der Waals surface area contributed by atoms with Crippen molar-refractivity contribution >= 4 is 39.7 Å². The molecule has 0 aliphatic heterocycles. The molecular formula is C17H15BrN4OS. The lowest BCUT2D eigenvalue weighted by Gasteiger charge is -2.09. The molecule has 1 heterocycles. The fourth-order valence-electron chi connectivity index (χ4n) is 2.35. The number of hydrogen-bond donors (Lipinski definition) is 2. The summed E-state index contributed by atoms with van der Waals surface area (Å²) in [7, 11) is 0. The van der Waals surface area contributed by atoms with Crippen LogP contribution in [-0.2, 0) is 11.3 Å². The molecule has 1 aromatic heterocycles. The molecule has 0 aliphatic rings. The van der Waals surface area contributed by atoms with Gasteiger partial charge in [-0.2, -0.15) is 5.10 Å². The Bertz CT molecular complexity index is 930. The van der Waals surface area contributed by atoms with Crippen LogP contribution in [0, 0.1) is 11.7 Å². The molecular weight excluding hydrogens is 388 g/mol. The number of amides is 1. The van der Waals surface area contributed by atoms with Crippen LogP contribution in [0.15, 0.2) is 53.0 Å². The van der Waals surface area contributed by atoms with Gasteiger partial charge in [-0.25, -0.2) is 0 Å². The normalized spacial score (nSPS) is 10.6. The van der Waals surface area contributed by atoms with Gasteiger partial charge in [-0.3, -0.25) is 14.5 Å². The molecule has 0 atom stereocenters. The van der Waals surface area contributed by atoms with E-state index < -0.39 is 0 Å². The Balaban J connectivity index is 1.82. The summed E-state index contributed by atoms with van der Waals surface area (Å²) in [5.74, 6) is 0.485. The van der Waals surface area contributed by atoms with Crippen molar-refractivity contribution in [3.05, 3.63) is 63.3 Å². The predicted octanol–water partition coefficient (Wildman–Crippen LogP) is 4.32. The fourth-order valence-corrected chi connectivity index (χ4v) is 2.81. The summed E-state index contributed by atoms with van der Waals surface area (Å²) in [5.41, 5.74) is 2.77. The second-order valence-corrected chi connectivity index (χ2v) is 6.67. The van der Waals surface area contributed by atoms with Gasteiger partial charge in [0, 0.05) is 15.7 Å². The number of carbonyl (C=O) groups excluding carboxylic acids is 1. The van der Waals surface area contributed by atoms with E-state index >= 15 is 0 Å². The van der Waals surface area contributed by atoms with Crippen LogP contribution in [0.25, 0.3) is 11.4 Å². The van der Waals surface area contributed by atoms with E-state index in [1.807, 2.05) is 55.5 Å². The number of hydrogen-bond acceptors (Lipinski definition) is 3. The van der Waals surface area contributed by atoms with Crippen LogP contribution in [0.4, 0.5) is 5.69 Å². The summed E-state index contributed by atoms with van der Waals surface area (Å²) in [6.07, 6.45) is 0. The molecule has 0 spiro atoms. The minimum Gasteiger partial charge on any atom is -0.325 e. The Morgan fingerprint density at radius 2 is 2.04 bits per heavy atom. The van der Waals surface area contributed by atoms with Gasteiger partial charge in [-0.05, 0) is 49.5 Å². The molecule has 0 unspecified atom stereocenters. The Morgan fingerprint density at radius 3 is 2.75 bits per heavy atom. The maximum atomic E-state index is 12.3. The zero-order chi connectivity index (χ0) is 17.1. The van der Waals surface area contributed by atoms with Gasteiger partial charge in [0.2, 0.25) is 5.91 Å². The Morgan fingerprint density at radius 1 is 1.29 bits per heavy atom. The quantitative estimate of drug-likeness (QED) is 0.638. The summed E-state index contributed by atoms with van der Waals surface area (Å²) in [6, 6.07) is 15.3. The van der Waals surface area contributed by atoms with E-state index in [1.165, 1.54) is 0 Å². The van der Waals surface area contributed by atoms with Crippen LogP contribution in [0.2, 0.25) is 0 Å². The summed E-state index contributed by atoms with van der Waals surface area (Å²) in [6.45, 7) is 2.10. The van der Waals surface area contributed by atoms with Gasteiger partial charge in [0.05, 0.1) is 0 Å². The van der Waals surface area contributed by atoms with Crippen LogP contribution in [0.5, 0.6) is 0 Å². The molecule has 122 valence electrons. The third-order valence-electron chi connectivity index (χ3n) is 3.46. The minimum absolute atomic E-state index is 0.0919. The number of halogens is 1. The molecule has 3 rings (SSSR count). The van der Waals surface area contributed by atoms with Gasteiger partial charge in [0.1, 0.15) is 6.54 Å². The number of aromatic nitrogens is 3. The van der Waals surface area contributed by atoms with Gasteiger partial charge >= 0.3 is 0 Å². The highest BCUT2D eigenvalue weighted by Gasteiger charge is 2.12. The maximum Gasteiger partial charge on any atom is 0.244 e. The summed E-state index contributed by atoms with van der Waals surface area (Å²) >= 11 is 8.63. The van der Waals surface area contributed by atoms with Gasteiger partial charge in [-0.15, -0.1) is 0 Å². The molecule has 2 aromatic carbocycles. The van der Waals surface area contributed by atoms with Crippen molar-refractivity contribution in [2.45, 2.75) is 13.5 Å². The second-order valence-electron chi connectivity index (χ2n) is 5.36. The predicted molar refractivity (Wildman–Crippen MR) is 100 cm³/mol. The first-order chi connectivity index (χ1) is 11.5. The average molecular weight is 403 g/mol. The van der Waals surface area contributed by atoms with Gasteiger partial charge in [0.25, 0.3) is 0 Å². The van der Waals surface area contributed by atoms with Crippen LogP contribution in [0.3, 0.4) is 0 Å². The number of H-pyrrole nitrogens is 1. The number of aromatic amines is 1. The average Bonchev–Trinajstić information content (AvgIpc) is 2.90. The van der Waals surface area contributed by atoms with Crippen molar-refractivity contribution in [1.29, 1.82) is 0 Å². The number of aryl methyl sites for hydroxylation is 1. The first kappa shape index (κ1) is 16.6. The number of anilines is 1. The molecule has 0 aliphatic carbocycles. The maximum absolute atomic E-state index is 12.3. The van der Waals surface area contributed by atoms with E-state index in [2.05, 4.69) is 31.4 Å². The molecule has 3 aromatic rings. The first-order valence-electron chi connectivity index (χ1n) is 7.30. The van der Waals surface area contributed by atoms with E-state index in [4.69, 9.17) is 12.2 Å². The van der Waals surface area contributed by atoms with E-state index in [9.17, 15) is 4.79 Å². The number of benzene rings is 2. The lowest BCUT2D eigenvalue weighted by molar-refractivity contribution is -0.116. The summed E-state index contributed by atoms with van der Waals surface area (Å²) < 4.78 is 3.06.